The molecule has 5 nitrogen and oxygen atoms in total. The summed E-state index contributed by atoms with van der Waals surface area (Å²) in [5, 5.41) is -0.903. The van der Waals surface area contributed by atoms with Crippen molar-refractivity contribution in [3.63, 3.8) is 0 Å². The molecule has 0 saturated heterocycles. The average molecular weight is 292 g/mol. The fourth-order valence-corrected chi connectivity index (χ4v) is 3.82. The summed E-state index contributed by atoms with van der Waals surface area (Å²) in [5.74, 6) is 0. The Labute approximate surface area is 86.3 Å². The van der Waals surface area contributed by atoms with Gasteiger partial charge in [-0.2, -0.15) is 0 Å². The van der Waals surface area contributed by atoms with Gasteiger partial charge in [0.05, 0.1) is 0 Å². The van der Waals surface area contributed by atoms with Gasteiger partial charge < -0.3 is 0 Å². The van der Waals surface area contributed by atoms with Crippen LogP contribution in [0.1, 0.15) is 0 Å². The second-order valence-electron chi connectivity index (χ2n) is 2.50. The van der Waals surface area contributed by atoms with Crippen LogP contribution < -0.4 is 4.72 Å². The summed E-state index contributed by atoms with van der Waals surface area (Å²) in [5.41, 5.74) is 0. The van der Waals surface area contributed by atoms with Crippen LogP contribution in [0.3, 0.4) is 0 Å². The molecule has 0 aromatic heterocycles. The van der Waals surface area contributed by atoms with Gasteiger partial charge in [-0.3, -0.25) is 0 Å². The van der Waals surface area contributed by atoms with E-state index in [0.717, 1.165) is 6.26 Å². The van der Waals surface area contributed by atoms with Gasteiger partial charge in [0.2, 0.25) is 10.0 Å². The van der Waals surface area contributed by atoms with Gasteiger partial charge in [0.25, 0.3) is 0 Å². The second-order valence-corrected chi connectivity index (χ2v) is 7.93. The molecule has 0 amide bonds. The highest BCUT2D eigenvalue weighted by Gasteiger charge is 2.17. The van der Waals surface area contributed by atoms with E-state index in [-0.39, 0.29) is 6.54 Å². The third-order valence-corrected chi connectivity index (χ3v) is 4.67. The Morgan fingerprint density at radius 2 is 1.85 bits per heavy atom. The van der Waals surface area contributed by atoms with Crippen LogP contribution in [-0.2, 0) is 19.9 Å². The third-order valence-electron chi connectivity index (χ3n) is 0.853. The van der Waals surface area contributed by atoms with E-state index >= 15 is 0 Å². The monoisotopic (exact) mass is 291 g/mol. The largest absolute Gasteiger partial charge is 0.228 e. The molecule has 1 N–H and O–H groups in total. The lowest BCUT2D eigenvalue weighted by molar-refractivity contribution is 0.584. The van der Waals surface area contributed by atoms with E-state index in [1.807, 2.05) is 0 Å². The van der Waals surface area contributed by atoms with Gasteiger partial charge in [0, 0.05) is 17.3 Å². The molecule has 0 aliphatic heterocycles. The molecule has 0 unspecified atom stereocenters. The Hall–Kier alpha value is 0.0800. The van der Waals surface area contributed by atoms with Crippen LogP contribution in [-0.4, -0.2) is 34.7 Å². The molecule has 0 rings (SSSR count). The van der Waals surface area contributed by atoms with Crippen LogP contribution in [0, 0.1) is 0 Å². The molecule has 0 aliphatic rings. The van der Waals surface area contributed by atoms with Crippen molar-refractivity contribution in [2.45, 2.75) is 0 Å². The molecule has 0 heterocycles. The summed E-state index contributed by atoms with van der Waals surface area (Å²) in [7, 11) is -7.29. The van der Waals surface area contributed by atoms with E-state index in [1.165, 1.54) is 0 Å². The molecular formula is C5H10BrNO4S2. The lowest BCUT2D eigenvalue weighted by atomic mass is 10.7. The van der Waals surface area contributed by atoms with Crippen molar-refractivity contribution < 1.29 is 16.8 Å². The molecule has 0 fully saturated rings. The number of nitrogens with one attached hydrogen (secondary N) is 1. The van der Waals surface area contributed by atoms with E-state index in [4.69, 9.17) is 0 Å². The Bertz CT molecular complexity index is 383. The van der Waals surface area contributed by atoms with E-state index in [2.05, 4.69) is 27.2 Å². The Balaban J connectivity index is 4.36. The van der Waals surface area contributed by atoms with Crippen LogP contribution in [0.4, 0.5) is 0 Å². The molecule has 0 aromatic rings. The standard InChI is InChI=1S/C5H10BrNO4S2/c1-5(6)3-7-13(10,11)4-12(2,8)9/h7H,1,3-4H2,2H3. The third kappa shape index (κ3) is 8.41. The normalized spacial score (nSPS) is 12.8. The fraction of sp³-hybridized carbons (Fsp3) is 0.600. The van der Waals surface area contributed by atoms with Gasteiger partial charge in [-0.25, -0.2) is 21.6 Å². The highest BCUT2D eigenvalue weighted by Crippen LogP contribution is 1.99. The molecule has 0 radical (unpaired) electrons. The van der Waals surface area contributed by atoms with Gasteiger partial charge in [-0.1, -0.05) is 22.5 Å². The predicted octanol–water partition coefficient (Wildman–Crippen LogP) is -0.183. The molecular weight excluding hydrogens is 282 g/mol. The molecule has 0 atom stereocenters. The maximum atomic E-state index is 11.0. The lowest BCUT2D eigenvalue weighted by Gasteiger charge is -2.03. The molecule has 13 heavy (non-hydrogen) atoms. The number of rotatable bonds is 5. The van der Waals surface area contributed by atoms with Gasteiger partial charge in [0.1, 0.15) is 0 Å². The number of sulfonamides is 1. The number of hydrogen-bond donors (Lipinski definition) is 1. The van der Waals surface area contributed by atoms with Crippen LogP contribution in [0.15, 0.2) is 11.1 Å². The van der Waals surface area contributed by atoms with Crippen molar-refractivity contribution in [3.8, 4) is 0 Å². The molecule has 8 heteroatoms. The van der Waals surface area contributed by atoms with Crippen molar-refractivity contribution in [1.29, 1.82) is 0 Å². The first-order valence-electron chi connectivity index (χ1n) is 3.11. The summed E-state index contributed by atoms with van der Waals surface area (Å²) >= 11 is 2.94. The summed E-state index contributed by atoms with van der Waals surface area (Å²) < 4.78 is 45.8. The summed E-state index contributed by atoms with van der Waals surface area (Å²) in [6.45, 7) is 3.38. The average Bonchev–Trinajstić information content (AvgIpc) is 1.78. The lowest BCUT2D eigenvalue weighted by Crippen LogP contribution is -2.30. The van der Waals surface area contributed by atoms with Gasteiger partial charge in [-0.15, -0.1) is 0 Å². The topological polar surface area (TPSA) is 80.3 Å². The van der Waals surface area contributed by atoms with Crippen molar-refractivity contribution in [1.82, 2.24) is 4.72 Å². The highest BCUT2D eigenvalue weighted by molar-refractivity contribution is 9.11. The zero-order valence-corrected chi connectivity index (χ0v) is 10.2. The minimum atomic E-state index is -3.76. The molecule has 78 valence electrons. The molecule has 0 bridgehead atoms. The van der Waals surface area contributed by atoms with Crippen LogP contribution in [0.2, 0.25) is 0 Å². The van der Waals surface area contributed by atoms with Gasteiger partial charge in [-0.05, 0) is 0 Å². The van der Waals surface area contributed by atoms with E-state index in [0.29, 0.717) is 4.48 Å². The molecule has 0 aromatic carbocycles. The maximum absolute atomic E-state index is 11.0. The number of halogens is 1. The predicted molar refractivity (Wildman–Crippen MR) is 54.7 cm³/mol. The zero-order valence-electron chi connectivity index (χ0n) is 6.95. The Kier molecular flexibility index (Phi) is 4.56. The minimum absolute atomic E-state index is 0.0160. The summed E-state index contributed by atoms with van der Waals surface area (Å²) in [6, 6.07) is 0. The first-order chi connectivity index (χ1) is 5.62. The molecule has 0 aliphatic carbocycles. The number of hydrogen-bond acceptors (Lipinski definition) is 4. The van der Waals surface area contributed by atoms with Crippen molar-refractivity contribution in [2.24, 2.45) is 0 Å². The fourth-order valence-electron chi connectivity index (χ4n) is 0.512. The second kappa shape index (κ2) is 4.54. The smallest absolute Gasteiger partial charge is 0.226 e. The number of sulfone groups is 1. The van der Waals surface area contributed by atoms with Crippen LogP contribution >= 0.6 is 15.9 Å². The van der Waals surface area contributed by atoms with E-state index in [9.17, 15) is 16.8 Å². The first kappa shape index (κ1) is 13.1. The summed E-state index contributed by atoms with van der Waals surface area (Å²) in [6.07, 6.45) is 0.856. The summed E-state index contributed by atoms with van der Waals surface area (Å²) in [4.78, 5) is 0. The molecule has 0 saturated carbocycles. The maximum Gasteiger partial charge on any atom is 0.226 e. The van der Waals surface area contributed by atoms with E-state index in [1.54, 1.807) is 0 Å². The highest BCUT2D eigenvalue weighted by atomic mass is 79.9. The van der Waals surface area contributed by atoms with Crippen molar-refractivity contribution >= 4 is 35.8 Å². The van der Waals surface area contributed by atoms with Crippen LogP contribution in [0.5, 0.6) is 0 Å². The van der Waals surface area contributed by atoms with Gasteiger partial charge in [0.15, 0.2) is 14.9 Å². The molecule has 0 spiro atoms. The van der Waals surface area contributed by atoms with Crippen molar-refractivity contribution in [2.75, 3.05) is 17.9 Å². The van der Waals surface area contributed by atoms with Crippen LogP contribution in [0.25, 0.3) is 0 Å². The first-order valence-corrected chi connectivity index (χ1v) is 7.61. The Morgan fingerprint density at radius 3 is 2.15 bits per heavy atom. The minimum Gasteiger partial charge on any atom is -0.228 e. The quantitative estimate of drug-likeness (QED) is 0.762. The zero-order chi connectivity index (χ0) is 10.7. The van der Waals surface area contributed by atoms with Gasteiger partial charge >= 0.3 is 0 Å². The van der Waals surface area contributed by atoms with Crippen molar-refractivity contribution in [3.05, 3.63) is 11.1 Å². The SMILES string of the molecule is C=C(Br)CNS(=O)(=O)CS(C)(=O)=O. The Morgan fingerprint density at radius 1 is 1.38 bits per heavy atom. The van der Waals surface area contributed by atoms with E-state index < -0.39 is 24.9 Å².